The van der Waals surface area contributed by atoms with Crippen LogP contribution in [0.2, 0.25) is 0 Å². The molecule has 31 heavy (non-hydrogen) atoms. The molecule has 0 bridgehead atoms. The summed E-state index contributed by atoms with van der Waals surface area (Å²) >= 11 is 0. The minimum atomic E-state index is -0.492. The normalized spacial score (nSPS) is 20.5. The first kappa shape index (κ1) is 19.6. The van der Waals surface area contributed by atoms with Gasteiger partial charge in [0.05, 0.1) is 7.11 Å². The van der Waals surface area contributed by atoms with E-state index >= 15 is 0 Å². The fourth-order valence-corrected chi connectivity index (χ4v) is 4.77. The van der Waals surface area contributed by atoms with Crippen LogP contribution in [0.3, 0.4) is 0 Å². The van der Waals surface area contributed by atoms with Gasteiger partial charge in [0.15, 0.2) is 0 Å². The molecule has 1 saturated heterocycles. The lowest BCUT2D eigenvalue weighted by Gasteiger charge is -2.36. The van der Waals surface area contributed by atoms with Crippen LogP contribution in [-0.2, 0) is 11.2 Å². The predicted molar refractivity (Wildman–Crippen MR) is 118 cm³/mol. The van der Waals surface area contributed by atoms with Gasteiger partial charge in [0.1, 0.15) is 17.8 Å². The molecule has 1 N–H and O–H groups in total. The fraction of sp³-hybridized carbons (Fsp3) is 0.333. The molecule has 2 unspecified atom stereocenters. The molecule has 2 aliphatic rings. The number of urea groups is 1. The second-order valence-electron chi connectivity index (χ2n) is 8.44. The number of imide groups is 1. The lowest BCUT2D eigenvalue weighted by atomic mass is 9.89. The Kier molecular flexibility index (Phi) is 4.70. The van der Waals surface area contributed by atoms with Crippen molar-refractivity contribution < 1.29 is 14.3 Å². The average Bonchev–Trinajstić information content (AvgIpc) is 3.26. The molecular formula is C24H26N4O3. The zero-order chi connectivity index (χ0) is 21.7. The number of fused-ring (bicyclic) bond motifs is 4. The number of H-pyrrole nitrogens is 1. The number of amides is 3. The first-order valence-electron chi connectivity index (χ1n) is 10.5. The van der Waals surface area contributed by atoms with Crippen LogP contribution in [0.25, 0.3) is 10.9 Å². The van der Waals surface area contributed by atoms with E-state index in [1.807, 2.05) is 61.5 Å². The molecular weight excluding hydrogens is 392 g/mol. The maximum absolute atomic E-state index is 13.5. The molecule has 5 rings (SSSR count). The smallest absolute Gasteiger partial charge is 0.328 e. The number of likely N-dealkylation sites (N-methyl/N-ethyl adjacent to an activating group) is 1. The largest absolute Gasteiger partial charge is 0.497 e. The number of aromatic nitrogens is 1. The molecule has 0 saturated carbocycles. The minimum Gasteiger partial charge on any atom is -0.497 e. The summed E-state index contributed by atoms with van der Waals surface area (Å²) in [5.74, 6) is 0.644. The summed E-state index contributed by atoms with van der Waals surface area (Å²) in [6, 6.07) is 14.8. The van der Waals surface area contributed by atoms with E-state index in [-0.39, 0.29) is 18.0 Å². The molecule has 7 heteroatoms. The summed E-state index contributed by atoms with van der Waals surface area (Å²) in [6.45, 7) is 1.03. The Morgan fingerprint density at radius 2 is 1.84 bits per heavy atom. The van der Waals surface area contributed by atoms with E-state index in [1.54, 1.807) is 12.0 Å². The first-order valence-corrected chi connectivity index (χ1v) is 10.5. The maximum atomic E-state index is 13.5. The number of rotatable bonds is 5. The van der Waals surface area contributed by atoms with Gasteiger partial charge in [-0.1, -0.05) is 30.3 Å². The number of nitrogens with zero attached hydrogens (tertiary/aromatic N) is 3. The van der Waals surface area contributed by atoms with Crippen molar-refractivity contribution in [1.29, 1.82) is 0 Å². The maximum Gasteiger partial charge on any atom is 0.328 e. The molecule has 0 aliphatic carbocycles. The van der Waals surface area contributed by atoms with Crippen molar-refractivity contribution in [2.45, 2.75) is 18.5 Å². The van der Waals surface area contributed by atoms with Crippen molar-refractivity contribution in [2.75, 3.05) is 34.3 Å². The van der Waals surface area contributed by atoms with E-state index in [0.29, 0.717) is 19.5 Å². The third-order valence-corrected chi connectivity index (χ3v) is 6.34. The van der Waals surface area contributed by atoms with Crippen LogP contribution in [0, 0.1) is 0 Å². The molecule has 0 radical (unpaired) electrons. The van der Waals surface area contributed by atoms with E-state index in [1.165, 1.54) is 4.90 Å². The van der Waals surface area contributed by atoms with E-state index in [9.17, 15) is 9.59 Å². The molecule has 2 atom stereocenters. The number of nitrogens with one attached hydrogen (secondary N) is 1. The van der Waals surface area contributed by atoms with Crippen molar-refractivity contribution in [1.82, 2.24) is 19.7 Å². The number of methoxy groups -OCH3 is 1. The number of ether oxygens (including phenoxy) is 1. The van der Waals surface area contributed by atoms with Gasteiger partial charge in [-0.2, -0.15) is 0 Å². The number of carbonyl (C=O) groups excluding carboxylic acids is 2. The van der Waals surface area contributed by atoms with E-state index in [2.05, 4.69) is 11.1 Å². The Morgan fingerprint density at radius 3 is 2.55 bits per heavy atom. The fourth-order valence-electron chi connectivity index (χ4n) is 4.77. The van der Waals surface area contributed by atoms with Crippen molar-refractivity contribution in [3.63, 3.8) is 0 Å². The van der Waals surface area contributed by atoms with Gasteiger partial charge in [0.2, 0.25) is 0 Å². The number of benzene rings is 2. The van der Waals surface area contributed by atoms with Crippen molar-refractivity contribution in [3.05, 3.63) is 65.4 Å². The SMILES string of the molecule is COc1ccc(C2c3[nH]c4ccccc4c3CC3C(=O)N(CCN(C)C)C(=O)N32)cc1. The van der Waals surface area contributed by atoms with Crippen LogP contribution < -0.4 is 4.74 Å². The summed E-state index contributed by atoms with van der Waals surface area (Å²) in [7, 11) is 5.51. The summed E-state index contributed by atoms with van der Waals surface area (Å²) in [4.78, 5) is 35.5. The summed E-state index contributed by atoms with van der Waals surface area (Å²) in [5.41, 5.74) is 4.08. The quantitative estimate of drug-likeness (QED) is 0.647. The topological polar surface area (TPSA) is 68.9 Å². The number of aromatic amines is 1. The van der Waals surface area contributed by atoms with Crippen LogP contribution in [0.4, 0.5) is 4.79 Å². The predicted octanol–water partition coefficient (Wildman–Crippen LogP) is 3.02. The third-order valence-electron chi connectivity index (χ3n) is 6.34. The number of hydrogen-bond donors (Lipinski definition) is 1. The Bertz CT molecular complexity index is 1150. The van der Waals surface area contributed by atoms with Crippen molar-refractivity contribution in [3.8, 4) is 5.75 Å². The van der Waals surface area contributed by atoms with E-state index in [4.69, 9.17) is 4.74 Å². The molecule has 3 heterocycles. The Hall–Kier alpha value is -3.32. The highest BCUT2D eigenvalue weighted by Gasteiger charge is 2.52. The van der Waals surface area contributed by atoms with E-state index < -0.39 is 6.04 Å². The standard InChI is InChI=1S/C24H26N4O3/c1-26(2)12-13-27-23(29)20-14-18-17-6-4-5-7-19(17)25-21(18)22(28(20)24(27)30)15-8-10-16(31-3)11-9-15/h4-11,20,22,25H,12-14H2,1-3H3. The van der Waals surface area contributed by atoms with Gasteiger partial charge in [-0.15, -0.1) is 0 Å². The molecule has 1 fully saturated rings. The number of hydrogen-bond acceptors (Lipinski definition) is 4. The molecule has 7 nitrogen and oxygen atoms in total. The highest BCUT2D eigenvalue weighted by atomic mass is 16.5. The van der Waals surface area contributed by atoms with Gasteiger partial charge in [-0.25, -0.2) is 4.79 Å². The Morgan fingerprint density at radius 1 is 1.10 bits per heavy atom. The molecule has 1 aromatic heterocycles. The summed E-state index contributed by atoms with van der Waals surface area (Å²) in [6.07, 6.45) is 0.523. The van der Waals surface area contributed by atoms with Crippen LogP contribution in [0.5, 0.6) is 5.75 Å². The van der Waals surface area contributed by atoms with Crippen molar-refractivity contribution in [2.24, 2.45) is 0 Å². The third kappa shape index (κ3) is 3.08. The van der Waals surface area contributed by atoms with Crippen LogP contribution >= 0.6 is 0 Å². The summed E-state index contributed by atoms with van der Waals surface area (Å²) < 4.78 is 5.31. The Labute approximate surface area is 181 Å². The zero-order valence-electron chi connectivity index (χ0n) is 18.0. The molecule has 3 aromatic rings. The van der Waals surface area contributed by atoms with Crippen LogP contribution in [-0.4, -0.2) is 72.0 Å². The lowest BCUT2D eigenvalue weighted by molar-refractivity contribution is -0.128. The van der Waals surface area contributed by atoms with Gasteiger partial charge < -0.3 is 14.6 Å². The monoisotopic (exact) mass is 418 g/mol. The van der Waals surface area contributed by atoms with E-state index in [0.717, 1.165) is 33.5 Å². The van der Waals surface area contributed by atoms with Gasteiger partial charge >= 0.3 is 6.03 Å². The zero-order valence-corrected chi connectivity index (χ0v) is 18.0. The number of carbonyl (C=O) groups is 2. The summed E-state index contributed by atoms with van der Waals surface area (Å²) in [5, 5.41) is 1.11. The van der Waals surface area contributed by atoms with Gasteiger partial charge in [0.25, 0.3) is 5.91 Å². The lowest BCUT2D eigenvalue weighted by Crippen LogP contribution is -2.44. The molecule has 3 amide bonds. The Balaban J connectivity index is 1.63. The number of para-hydroxylation sites is 1. The molecule has 2 aromatic carbocycles. The second kappa shape index (κ2) is 7.42. The minimum absolute atomic E-state index is 0.110. The van der Waals surface area contributed by atoms with Crippen molar-refractivity contribution >= 4 is 22.8 Å². The van der Waals surface area contributed by atoms with Gasteiger partial charge in [-0.3, -0.25) is 14.6 Å². The van der Waals surface area contributed by atoms with Gasteiger partial charge in [-0.05, 0) is 43.4 Å². The average molecular weight is 418 g/mol. The first-order chi connectivity index (χ1) is 15.0. The van der Waals surface area contributed by atoms with Crippen LogP contribution in [0.15, 0.2) is 48.5 Å². The highest BCUT2D eigenvalue weighted by Crippen LogP contribution is 2.44. The second-order valence-corrected chi connectivity index (χ2v) is 8.44. The van der Waals surface area contributed by atoms with Gasteiger partial charge in [0, 0.05) is 36.1 Å². The highest BCUT2D eigenvalue weighted by molar-refractivity contribution is 6.05. The molecule has 0 spiro atoms. The molecule has 160 valence electrons. The van der Waals surface area contributed by atoms with Crippen LogP contribution in [0.1, 0.15) is 22.9 Å². The molecule has 2 aliphatic heterocycles.